The van der Waals surface area contributed by atoms with Crippen molar-refractivity contribution in [2.24, 2.45) is 0 Å². The molecule has 1 heterocycles. The molecule has 19 heavy (non-hydrogen) atoms. The molecule has 1 aromatic heterocycles. The Balaban J connectivity index is 1.94. The molecule has 0 unspecified atom stereocenters. The molecule has 0 aliphatic rings. The molecule has 2 rings (SSSR count). The number of anilines is 1. The average molecular weight is 299 g/mol. The van der Waals surface area contributed by atoms with Crippen molar-refractivity contribution in [3.63, 3.8) is 0 Å². The first-order valence-electron chi connectivity index (χ1n) is 5.58. The molecule has 2 aromatic rings. The summed E-state index contributed by atoms with van der Waals surface area (Å²) in [5, 5.41) is 7.39. The lowest BCUT2D eigenvalue weighted by Gasteiger charge is -2.08. The number of amides is 1. The van der Waals surface area contributed by atoms with Gasteiger partial charge in [0.15, 0.2) is 0 Å². The van der Waals surface area contributed by atoms with Crippen LogP contribution in [0, 0.1) is 0 Å². The van der Waals surface area contributed by atoms with Crippen molar-refractivity contribution in [1.29, 1.82) is 0 Å². The number of nitrogens with zero attached hydrogens (tertiary/aromatic N) is 2. The molecule has 1 amide bonds. The zero-order chi connectivity index (χ0) is 13.8. The zero-order valence-electron chi connectivity index (χ0n) is 9.94. The molecule has 0 saturated carbocycles. The third-order valence-corrected chi connectivity index (χ3v) is 3.10. The van der Waals surface area contributed by atoms with E-state index in [-0.39, 0.29) is 11.5 Å². The fraction of sp³-hybridized carbons (Fsp3) is 0.167. The molecule has 7 heteroatoms. The third kappa shape index (κ3) is 3.39. The summed E-state index contributed by atoms with van der Waals surface area (Å²) in [6.07, 6.45) is 3.24. The summed E-state index contributed by atoms with van der Waals surface area (Å²) in [6, 6.07) is 4.93. The Kier molecular flexibility index (Phi) is 4.29. The van der Waals surface area contributed by atoms with Crippen LogP contribution < -0.4 is 11.1 Å². The number of carbonyl (C=O) groups is 1. The van der Waals surface area contributed by atoms with Crippen LogP contribution in [0.3, 0.4) is 0 Å². The summed E-state index contributed by atoms with van der Waals surface area (Å²) in [5.74, 6) is -0.310. The summed E-state index contributed by atoms with van der Waals surface area (Å²) in [6.45, 7) is 0.923. The number of nitrogens with two attached hydrogens (primary N) is 1. The van der Waals surface area contributed by atoms with Crippen LogP contribution >= 0.6 is 23.2 Å². The molecular weight excluding hydrogens is 287 g/mol. The van der Waals surface area contributed by atoms with E-state index < -0.39 is 0 Å². The highest BCUT2D eigenvalue weighted by molar-refractivity contribution is 6.39. The average Bonchev–Trinajstić information content (AvgIpc) is 2.75. The quantitative estimate of drug-likeness (QED) is 0.909. The van der Waals surface area contributed by atoms with E-state index in [0.717, 1.165) is 0 Å². The summed E-state index contributed by atoms with van der Waals surface area (Å²) >= 11 is 11.9. The molecule has 0 spiro atoms. The molecule has 3 N–H and O–H groups in total. The minimum atomic E-state index is -0.310. The van der Waals surface area contributed by atoms with Crippen molar-refractivity contribution < 1.29 is 4.79 Å². The van der Waals surface area contributed by atoms with Gasteiger partial charge in [0, 0.05) is 12.7 Å². The lowest BCUT2D eigenvalue weighted by Crippen LogP contribution is -2.27. The zero-order valence-corrected chi connectivity index (χ0v) is 11.4. The number of nitrogens with one attached hydrogen (secondary N) is 1. The normalized spacial score (nSPS) is 10.4. The van der Waals surface area contributed by atoms with Gasteiger partial charge in [0.1, 0.15) is 0 Å². The van der Waals surface area contributed by atoms with Crippen LogP contribution in [0.25, 0.3) is 0 Å². The summed E-state index contributed by atoms with van der Waals surface area (Å²) in [7, 11) is 0. The molecule has 0 saturated heterocycles. The Morgan fingerprint density at radius 2 is 2.05 bits per heavy atom. The first-order chi connectivity index (χ1) is 9.08. The topological polar surface area (TPSA) is 72.9 Å². The highest BCUT2D eigenvalue weighted by atomic mass is 35.5. The van der Waals surface area contributed by atoms with Crippen molar-refractivity contribution in [3.05, 3.63) is 46.2 Å². The lowest BCUT2D eigenvalue weighted by atomic mass is 10.2. The predicted molar refractivity (Wildman–Crippen MR) is 75.4 cm³/mol. The van der Waals surface area contributed by atoms with E-state index >= 15 is 0 Å². The van der Waals surface area contributed by atoms with Crippen LogP contribution in [0.1, 0.15) is 10.4 Å². The van der Waals surface area contributed by atoms with Crippen molar-refractivity contribution in [3.8, 4) is 0 Å². The molecule has 100 valence electrons. The van der Waals surface area contributed by atoms with Gasteiger partial charge >= 0.3 is 0 Å². The Morgan fingerprint density at radius 1 is 1.37 bits per heavy atom. The summed E-state index contributed by atoms with van der Waals surface area (Å²) < 4.78 is 1.64. The van der Waals surface area contributed by atoms with Gasteiger partial charge in [-0.1, -0.05) is 29.3 Å². The van der Waals surface area contributed by atoms with E-state index in [1.54, 1.807) is 35.3 Å². The van der Waals surface area contributed by atoms with Gasteiger partial charge in [-0.2, -0.15) is 5.10 Å². The summed E-state index contributed by atoms with van der Waals surface area (Å²) in [4.78, 5) is 11.9. The number of rotatable bonds is 4. The van der Waals surface area contributed by atoms with Gasteiger partial charge in [-0.05, 0) is 12.1 Å². The summed E-state index contributed by atoms with van der Waals surface area (Å²) in [5.41, 5.74) is 6.40. The van der Waals surface area contributed by atoms with E-state index in [9.17, 15) is 4.79 Å². The Bertz CT molecular complexity index is 577. The van der Waals surface area contributed by atoms with Crippen LogP contribution in [-0.4, -0.2) is 22.2 Å². The SMILES string of the molecule is Nc1cnn(CCNC(=O)c2c(Cl)cccc2Cl)c1. The van der Waals surface area contributed by atoms with E-state index in [1.807, 2.05) is 0 Å². The number of halogens is 2. The monoisotopic (exact) mass is 298 g/mol. The lowest BCUT2D eigenvalue weighted by molar-refractivity contribution is 0.0952. The van der Waals surface area contributed by atoms with E-state index in [0.29, 0.717) is 28.8 Å². The van der Waals surface area contributed by atoms with Gasteiger partial charge in [-0.15, -0.1) is 0 Å². The van der Waals surface area contributed by atoms with Gasteiger partial charge < -0.3 is 11.1 Å². The Morgan fingerprint density at radius 3 is 2.63 bits per heavy atom. The Hall–Kier alpha value is -1.72. The van der Waals surface area contributed by atoms with E-state index in [2.05, 4.69) is 10.4 Å². The maximum absolute atomic E-state index is 11.9. The second kappa shape index (κ2) is 5.95. The smallest absolute Gasteiger partial charge is 0.254 e. The number of nitrogen functional groups attached to an aromatic ring is 1. The molecular formula is C12H12Cl2N4O. The van der Waals surface area contributed by atoms with Gasteiger partial charge in [-0.3, -0.25) is 9.48 Å². The van der Waals surface area contributed by atoms with E-state index in [1.165, 1.54) is 0 Å². The highest BCUT2D eigenvalue weighted by Gasteiger charge is 2.13. The van der Waals surface area contributed by atoms with Gasteiger partial charge in [0.25, 0.3) is 5.91 Å². The second-order valence-electron chi connectivity index (χ2n) is 3.89. The first-order valence-corrected chi connectivity index (χ1v) is 6.33. The van der Waals surface area contributed by atoms with Crippen molar-refractivity contribution >= 4 is 34.8 Å². The number of benzene rings is 1. The molecule has 0 bridgehead atoms. The number of hydrogen-bond acceptors (Lipinski definition) is 3. The largest absolute Gasteiger partial charge is 0.396 e. The van der Waals surface area contributed by atoms with E-state index in [4.69, 9.17) is 28.9 Å². The number of carbonyl (C=O) groups excluding carboxylic acids is 1. The first kappa shape index (κ1) is 13.7. The highest BCUT2D eigenvalue weighted by Crippen LogP contribution is 2.23. The van der Waals surface area contributed by atoms with Gasteiger partial charge in [0.05, 0.1) is 34.0 Å². The van der Waals surface area contributed by atoms with Crippen LogP contribution in [-0.2, 0) is 6.54 Å². The maximum atomic E-state index is 11.9. The molecule has 0 aliphatic carbocycles. The van der Waals surface area contributed by atoms with Crippen LogP contribution in [0.4, 0.5) is 5.69 Å². The standard InChI is InChI=1S/C12H12Cl2N4O/c13-9-2-1-3-10(14)11(9)12(19)16-4-5-18-7-8(15)6-17-18/h1-3,6-7H,4-5,15H2,(H,16,19). The minimum absolute atomic E-state index is 0.283. The van der Waals surface area contributed by atoms with Crippen LogP contribution in [0.5, 0.6) is 0 Å². The second-order valence-corrected chi connectivity index (χ2v) is 4.70. The van der Waals surface area contributed by atoms with Crippen LogP contribution in [0.2, 0.25) is 10.0 Å². The Labute approximate surface area is 120 Å². The molecule has 5 nitrogen and oxygen atoms in total. The predicted octanol–water partition coefficient (Wildman–Crippen LogP) is 2.20. The number of hydrogen-bond donors (Lipinski definition) is 2. The third-order valence-electron chi connectivity index (χ3n) is 2.47. The maximum Gasteiger partial charge on any atom is 0.254 e. The van der Waals surface area contributed by atoms with Gasteiger partial charge in [0.2, 0.25) is 0 Å². The molecule has 0 atom stereocenters. The fourth-order valence-electron chi connectivity index (χ4n) is 1.59. The number of aromatic nitrogens is 2. The van der Waals surface area contributed by atoms with Crippen molar-refractivity contribution in [2.75, 3.05) is 12.3 Å². The molecule has 0 aliphatic heterocycles. The minimum Gasteiger partial charge on any atom is -0.396 e. The van der Waals surface area contributed by atoms with Crippen molar-refractivity contribution in [1.82, 2.24) is 15.1 Å². The van der Waals surface area contributed by atoms with Gasteiger partial charge in [-0.25, -0.2) is 0 Å². The molecule has 0 radical (unpaired) electrons. The fourth-order valence-corrected chi connectivity index (χ4v) is 2.16. The molecule has 0 fully saturated rings. The van der Waals surface area contributed by atoms with Crippen molar-refractivity contribution in [2.45, 2.75) is 6.54 Å². The molecule has 1 aromatic carbocycles. The van der Waals surface area contributed by atoms with Crippen LogP contribution in [0.15, 0.2) is 30.6 Å².